The lowest BCUT2D eigenvalue weighted by Gasteiger charge is -2.20. The fourth-order valence-electron chi connectivity index (χ4n) is 1.34. The van der Waals surface area contributed by atoms with Gasteiger partial charge in [0, 0.05) is 33.9 Å². The average Bonchev–Trinajstić information content (AvgIpc) is 2.79. The Bertz CT molecular complexity index is 375. The third kappa shape index (κ3) is 4.85. The maximum atomic E-state index is 12.1. The summed E-state index contributed by atoms with van der Waals surface area (Å²) in [4.78, 5) is 13.8. The number of ether oxygens (including phenoxy) is 2. The molecule has 1 amide bonds. The summed E-state index contributed by atoms with van der Waals surface area (Å²) in [5.74, 6) is -0.174. The Labute approximate surface area is 115 Å². The van der Waals surface area contributed by atoms with E-state index in [1.54, 1.807) is 19.1 Å². The van der Waals surface area contributed by atoms with Crippen LogP contribution in [0.25, 0.3) is 0 Å². The molecule has 0 atom stereocenters. The molecule has 0 bridgehead atoms. The van der Waals surface area contributed by atoms with Gasteiger partial charge < -0.3 is 14.4 Å². The first-order valence-corrected chi connectivity index (χ1v) is 6.64. The van der Waals surface area contributed by atoms with Crippen LogP contribution in [-0.4, -0.2) is 61.5 Å². The molecular formula is C10H16ClN3O3S. The summed E-state index contributed by atoms with van der Waals surface area (Å²) in [6.45, 7) is 2.18. The first kappa shape index (κ1) is 15.3. The molecule has 0 radical (unpaired) electrons. The molecule has 0 spiro atoms. The van der Waals surface area contributed by atoms with Gasteiger partial charge >= 0.3 is 0 Å². The number of aromatic nitrogens is 2. The van der Waals surface area contributed by atoms with Crippen molar-refractivity contribution in [1.82, 2.24) is 15.1 Å². The third-order valence-corrected chi connectivity index (χ3v) is 3.22. The number of carbonyl (C=O) groups is 1. The van der Waals surface area contributed by atoms with Crippen LogP contribution in [0.2, 0.25) is 4.47 Å². The summed E-state index contributed by atoms with van der Waals surface area (Å²) in [5, 5.41) is 7.67. The zero-order valence-corrected chi connectivity index (χ0v) is 12.0. The minimum Gasteiger partial charge on any atom is -0.385 e. The Kier molecular flexibility index (Phi) is 7.11. The SMILES string of the molecule is COCCCN(CCOC)C(=O)c1nnc(Cl)s1. The monoisotopic (exact) mass is 293 g/mol. The van der Waals surface area contributed by atoms with Crippen molar-refractivity contribution in [3.05, 3.63) is 9.47 Å². The van der Waals surface area contributed by atoms with Gasteiger partial charge in [-0.25, -0.2) is 0 Å². The second kappa shape index (κ2) is 8.36. The first-order chi connectivity index (χ1) is 8.69. The van der Waals surface area contributed by atoms with E-state index in [2.05, 4.69) is 10.2 Å². The topological polar surface area (TPSA) is 64.6 Å². The van der Waals surface area contributed by atoms with Crippen molar-refractivity contribution in [2.45, 2.75) is 6.42 Å². The van der Waals surface area contributed by atoms with E-state index in [4.69, 9.17) is 21.1 Å². The Morgan fingerprint density at radius 1 is 1.28 bits per heavy atom. The molecule has 0 aliphatic carbocycles. The number of halogens is 1. The number of carbonyl (C=O) groups excluding carboxylic acids is 1. The second-order valence-corrected chi connectivity index (χ2v) is 5.05. The zero-order chi connectivity index (χ0) is 13.4. The van der Waals surface area contributed by atoms with Crippen LogP contribution < -0.4 is 0 Å². The zero-order valence-electron chi connectivity index (χ0n) is 10.4. The van der Waals surface area contributed by atoms with Crippen LogP contribution in [0.4, 0.5) is 0 Å². The highest BCUT2D eigenvalue weighted by atomic mass is 35.5. The fourth-order valence-corrected chi connectivity index (χ4v) is 2.14. The Morgan fingerprint density at radius 3 is 2.56 bits per heavy atom. The first-order valence-electron chi connectivity index (χ1n) is 5.45. The highest BCUT2D eigenvalue weighted by Crippen LogP contribution is 2.16. The van der Waals surface area contributed by atoms with Crippen molar-refractivity contribution in [3.8, 4) is 0 Å². The molecule has 0 unspecified atom stereocenters. The maximum Gasteiger partial charge on any atom is 0.284 e. The predicted molar refractivity (Wildman–Crippen MR) is 69.2 cm³/mol. The minimum absolute atomic E-state index is 0.174. The molecule has 1 rings (SSSR count). The largest absolute Gasteiger partial charge is 0.385 e. The van der Waals surface area contributed by atoms with Gasteiger partial charge in [-0.3, -0.25) is 4.79 Å². The normalized spacial score (nSPS) is 10.6. The van der Waals surface area contributed by atoms with Gasteiger partial charge in [0.2, 0.25) is 9.47 Å². The van der Waals surface area contributed by atoms with Crippen molar-refractivity contribution in [2.75, 3.05) is 40.5 Å². The molecule has 102 valence electrons. The van der Waals surface area contributed by atoms with E-state index in [1.165, 1.54) is 0 Å². The lowest BCUT2D eigenvalue weighted by atomic mass is 10.3. The third-order valence-electron chi connectivity index (χ3n) is 2.21. The van der Waals surface area contributed by atoms with Gasteiger partial charge in [-0.05, 0) is 18.0 Å². The van der Waals surface area contributed by atoms with Gasteiger partial charge in [0.25, 0.3) is 5.91 Å². The number of hydrogen-bond donors (Lipinski definition) is 0. The van der Waals surface area contributed by atoms with E-state index in [1.807, 2.05) is 0 Å². The molecule has 0 aliphatic rings. The Morgan fingerprint density at radius 2 is 2.00 bits per heavy atom. The number of rotatable bonds is 8. The molecule has 0 saturated carbocycles. The summed E-state index contributed by atoms with van der Waals surface area (Å²) in [5.41, 5.74) is 0. The summed E-state index contributed by atoms with van der Waals surface area (Å²) >= 11 is 6.75. The molecule has 0 saturated heterocycles. The van der Waals surface area contributed by atoms with Crippen LogP contribution in [0.5, 0.6) is 0 Å². The van der Waals surface area contributed by atoms with Crippen LogP contribution in [0.1, 0.15) is 16.2 Å². The molecule has 0 aliphatic heterocycles. The van der Waals surface area contributed by atoms with Crippen LogP contribution in [0, 0.1) is 0 Å². The molecule has 1 aromatic rings. The quantitative estimate of drug-likeness (QED) is 0.676. The molecule has 1 aromatic heterocycles. The van der Waals surface area contributed by atoms with Crippen molar-refractivity contribution in [1.29, 1.82) is 0 Å². The molecule has 0 N–H and O–H groups in total. The van der Waals surface area contributed by atoms with E-state index in [0.717, 1.165) is 17.8 Å². The van der Waals surface area contributed by atoms with E-state index in [-0.39, 0.29) is 10.4 Å². The smallest absolute Gasteiger partial charge is 0.284 e. The summed E-state index contributed by atoms with van der Waals surface area (Å²) in [6, 6.07) is 0. The Balaban J connectivity index is 2.59. The summed E-state index contributed by atoms with van der Waals surface area (Å²) in [6.07, 6.45) is 0.762. The maximum absolute atomic E-state index is 12.1. The van der Waals surface area contributed by atoms with Gasteiger partial charge in [-0.1, -0.05) is 11.3 Å². The second-order valence-electron chi connectivity index (χ2n) is 3.49. The van der Waals surface area contributed by atoms with Gasteiger partial charge in [0.15, 0.2) is 0 Å². The van der Waals surface area contributed by atoms with E-state index in [9.17, 15) is 4.79 Å². The molecule has 8 heteroatoms. The van der Waals surface area contributed by atoms with E-state index < -0.39 is 0 Å². The highest BCUT2D eigenvalue weighted by molar-refractivity contribution is 7.17. The van der Waals surface area contributed by atoms with Gasteiger partial charge in [-0.15, -0.1) is 10.2 Å². The average molecular weight is 294 g/mol. The summed E-state index contributed by atoms with van der Waals surface area (Å²) in [7, 11) is 3.23. The van der Waals surface area contributed by atoms with Crippen molar-refractivity contribution >= 4 is 28.8 Å². The number of methoxy groups -OCH3 is 2. The fraction of sp³-hybridized carbons (Fsp3) is 0.700. The van der Waals surface area contributed by atoms with Gasteiger partial charge in [0.05, 0.1) is 6.61 Å². The minimum atomic E-state index is -0.174. The number of nitrogens with zero attached hydrogens (tertiary/aromatic N) is 3. The standard InChI is InChI=1S/C10H16ClN3O3S/c1-16-6-3-4-14(5-7-17-2)9(15)8-12-13-10(11)18-8/h3-7H2,1-2H3. The number of hydrogen-bond acceptors (Lipinski definition) is 6. The van der Waals surface area contributed by atoms with E-state index >= 15 is 0 Å². The summed E-state index contributed by atoms with van der Waals surface area (Å²) < 4.78 is 10.2. The molecule has 1 heterocycles. The van der Waals surface area contributed by atoms with Gasteiger partial charge in [-0.2, -0.15) is 0 Å². The Hall–Kier alpha value is -0.760. The number of amides is 1. The van der Waals surface area contributed by atoms with Crippen molar-refractivity contribution < 1.29 is 14.3 Å². The molecule has 6 nitrogen and oxygen atoms in total. The molecule has 0 aromatic carbocycles. The van der Waals surface area contributed by atoms with Crippen molar-refractivity contribution in [3.63, 3.8) is 0 Å². The molecule has 0 fully saturated rings. The lowest BCUT2D eigenvalue weighted by Crippen LogP contribution is -2.35. The predicted octanol–water partition coefficient (Wildman–Crippen LogP) is 1.32. The molecular weight excluding hydrogens is 278 g/mol. The van der Waals surface area contributed by atoms with Crippen LogP contribution in [0.3, 0.4) is 0 Å². The van der Waals surface area contributed by atoms with E-state index in [0.29, 0.717) is 31.3 Å². The van der Waals surface area contributed by atoms with Crippen molar-refractivity contribution in [2.24, 2.45) is 0 Å². The van der Waals surface area contributed by atoms with Crippen LogP contribution in [-0.2, 0) is 9.47 Å². The highest BCUT2D eigenvalue weighted by Gasteiger charge is 2.19. The van der Waals surface area contributed by atoms with Crippen LogP contribution in [0.15, 0.2) is 0 Å². The van der Waals surface area contributed by atoms with Crippen LogP contribution >= 0.6 is 22.9 Å². The molecule has 18 heavy (non-hydrogen) atoms. The van der Waals surface area contributed by atoms with Gasteiger partial charge in [0.1, 0.15) is 0 Å². The lowest BCUT2D eigenvalue weighted by molar-refractivity contribution is 0.0673.